The summed E-state index contributed by atoms with van der Waals surface area (Å²) in [5.41, 5.74) is 0. The topological polar surface area (TPSA) is 87.3 Å². The molecule has 5 heteroatoms. The van der Waals surface area contributed by atoms with Crippen molar-refractivity contribution in [3.63, 3.8) is 0 Å². The molecule has 0 saturated heterocycles. The first-order valence-corrected chi connectivity index (χ1v) is 2.40. The average molecular weight is 132 g/mol. The summed E-state index contributed by atoms with van der Waals surface area (Å²) in [6.45, 7) is 0.911. The van der Waals surface area contributed by atoms with Gasteiger partial charge in [0.15, 0.2) is 6.54 Å². The predicted molar refractivity (Wildman–Crippen MR) is 26.8 cm³/mol. The number of hydrogen-bond acceptors (Lipinski definition) is 4. The molecule has 0 rings (SSSR count). The Bertz CT molecular complexity index is 123. The van der Waals surface area contributed by atoms with Gasteiger partial charge in [0.2, 0.25) is 0 Å². The van der Waals surface area contributed by atoms with Gasteiger partial charge in [0.25, 0.3) is 0 Å². The summed E-state index contributed by atoms with van der Waals surface area (Å²) in [6, 6.07) is 1.69. The quantitative estimate of drug-likeness (QED) is 0.416. The van der Waals surface area contributed by atoms with Gasteiger partial charge in [0, 0.05) is 0 Å². The molecule has 0 aliphatic heterocycles. The van der Waals surface area contributed by atoms with Crippen molar-refractivity contribution in [3.05, 3.63) is 5.21 Å². The summed E-state index contributed by atoms with van der Waals surface area (Å²) in [6.07, 6.45) is 0. The second-order valence-corrected chi connectivity index (χ2v) is 1.88. The largest absolute Gasteiger partial charge is 0.564 e. The Kier molecular flexibility index (Phi) is 2.55. The molecule has 0 fully saturated rings. The summed E-state index contributed by atoms with van der Waals surface area (Å²) in [4.78, 5) is -2.38. The molecular formula is C4H8N2O3. The lowest BCUT2D eigenvalue weighted by molar-refractivity contribution is -1.21. The zero-order valence-electron chi connectivity index (χ0n) is 4.98. The van der Waals surface area contributed by atoms with Gasteiger partial charge in [-0.3, -0.25) is 0 Å². The van der Waals surface area contributed by atoms with Crippen LogP contribution >= 0.6 is 0 Å². The molecule has 1 unspecified atom stereocenters. The van der Waals surface area contributed by atoms with Crippen molar-refractivity contribution in [2.24, 2.45) is 5.92 Å². The molecule has 9 heavy (non-hydrogen) atoms. The number of rotatable bonds is 2. The van der Waals surface area contributed by atoms with Crippen molar-refractivity contribution in [2.45, 2.75) is 6.92 Å². The van der Waals surface area contributed by atoms with Gasteiger partial charge in [0.05, 0.1) is 12.0 Å². The van der Waals surface area contributed by atoms with Gasteiger partial charge in [-0.1, -0.05) is 4.97 Å². The second-order valence-electron chi connectivity index (χ2n) is 1.88. The molecule has 0 aliphatic rings. The normalized spacial score (nSPS) is 14.6. The maximum Gasteiger partial charge on any atom is 0.157 e. The summed E-state index contributed by atoms with van der Waals surface area (Å²) in [5, 5.41) is 34.3. The van der Waals surface area contributed by atoms with Gasteiger partial charge >= 0.3 is 0 Å². The molecule has 0 saturated carbocycles. The van der Waals surface area contributed by atoms with E-state index < -0.39 is 17.4 Å². The van der Waals surface area contributed by atoms with E-state index in [9.17, 15) is 5.21 Å². The van der Waals surface area contributed by atoms with E-state index >= 15 is 0 Å². The van der Waals surface area contributed by atoms with Gasteiger partial charge in [-0.2, -0.15) is 15.7 Å². The summed E-state index contributed by atoms with van der Waals surface area (Å²) in [7, 11) is 0. The average Bonchev–Trinajstić information content (AvgIpc) is 1.62. The highest BCUT2D eigenvalue weighted by Crippen LogP contribution is 1.99. The highest BCUT2D eigenvalue weighted by Gasteiger charge is 2.14. The van der Waals surface area contributed by atoms with Gasteiger partial charge < -0.3 is 5.21 Å². The third kappa shape index (κ3) is 5.20. The van der Waals surface area contributed by atoms with E-state index in [1.165, 1.54) is 6.92 Å². The number of hydrogen-bond donors (Lipinski definition) is 2. The zero-order chi connectivity index (χ0) is 7.49. The van der Waals surface area contributed by atoms with E-state index in [1.807, 2.05) is 0 Å². The highest BCUT2D eigenvalue weighted by atomic mass is 17.1. The molecule has 0 spiro atoms. The molecule has 0 aromatic heterocycles. The lowest BCUT2D eigenvalue weighted by atomic mass is 10.2. The lowest BCUT2D eigenvalue weighted by Crippen LogP contribution is -2.37. The second kappa shape index (κ2) is 2.75. The summed E-state index contributed by atoms with van der Waals surface area (Å²) < 4.78 is 0. The van der Waals surface area contributed by atoms with E-state index in [0.717, 1.165) is 0 Å². The first kappa shape index (κ1) is 8.33. The van der Waals surface area contributed by atoms with Crippen LogP contribution in [0.1, 0.15) is 6.92 Å². The molecule has 0 aromatic rings. The first-order valence-electron chi connectivity index (χ1n) is 2.40. The van der Waals surface area contributed by atoms with Crippen LogP contribution in [0.3, 0.4) is 0 Å². The van der Waals surface area contributed by atoms with Crippen LogP contribution in [0, 0.1) is 22.5 Å². The Balaban J connectivity index is 3.63. The fraction of sp³-hybridized carbons (Fsp3) is 0.750. The third-order valence-corrected chi connectivity index (χ3v) is 0.732. The zero-order valence-corrected chi connectivity index (χ0v) is 4.98. The van der Waals surface area contributed by atoms with Crippen LogP contribution in [0.5, 0.6) is 0 Å². The van der Waals surface area contributed by atoms with Crippen LogP contribution in [0.2, 0.25) is 0 Å². The molecule has 0 amide bonds. The number of nitriles is 1. The molecule has 0 bridgehead atoms. The Morgan fingerprint density at radius 2 is 2.22 bits per heavy atom. The molecule has 0 aliphatic carbocycles. The third-order valence-electron chi connectivity index (χ3n) is 0.732. The maximum atomic E-state index is 9.97. The monoisotopic (exact) mass is 132 g/mol. The minimum Gasteiger partial charge on any atom is -0.564 e. The Labute approximate surface area is 52.4 Å². The minimum absolute atomic E-state index is 0.517. The first-order chi connectivity index (χ1) is 3.95. The highest BCUT2D eigenvalue weighted by molar-refractivity contribution is 4.77. The lowest BCUT2D eigenvalue weighted by Gasteiger charge is -2.24. The predicted octanol–water partition coefficient (Wildman–Crippen LogP) is 0.239. The van der Waals surface area contributed by atoms with Crippen molar-refractivity contribution in [1.29, 1.82) is 5.26 Å². The molecule has 0 heterocycles. The number of hydroxylamine groups is 3. The van der Waals surface area contributed by atoms with Gasteiger partial charge in [-0.05, 0) is 6.92 Å². The van der Waals surface area contributed by atoms with Gasteiger partial charge in [-0.15, -0.1) is 0 Å². The molecule has 0 radical (unpaired) electrons. The van der Waals surface area contributed by atoms with Crippen molar-refractivity contribution in [3.8, 4) is 6.07 Å². The van der Waals surface area contributed by atoms with Gasteiger partial charge in [-0.25, -0.2) is 0 Å². The van der Waals surface area contributed by atoms with Crippen molar-refractivity contribution in [1.82, 2.24) is 0 Å². The molecule has 2 N–H and O–H groups in total. The maximum absolute atomic E-state index is 9.97. The standard InChI is InChI=1S/C4H8N2O3/c1-4(2-5)3-6(7,8)9/h4,7-8H,3H2,1H3. The van der Waals surface area contributed by atoms with Crippen LogP contribution in [0.25, 0.3) is 0 Å². The van der Waals surface area contributed by atoms with E-state index in [0.29, 0.717) is 0 Å². The Hall–Kier alpha value is -0.670. The van der Waals surface area contributed by atoms with Crippen molar-refractivity contribution in [2.75, 3.05) is 6.54 Å². The van der Waals surface area contributed by atoms with Crippen LogP contribution in [-0.2, 0) is 0 Å². The van der Waals surface area contributed by atoms with E-state index in [2.05, 4.69) is 0 Å². The fourth-order valence-corrected chi connectivity index (χ4v) is 0.398. The smallest absolute Gasteiger partial charge is 0.157 e. The Morgan fingerprint density at radius 3 is 2.33 bits per heavy atom. The molecule has 1 atom stereocenters. The van der Waals surface area contributed by atoms with Crippen LogP contribution in [0.15, 0.2) is 0 Å². The van der Waals surface area contributed by atoms with Crippen molar-refractivity contribution >= 4 is 0 Å². The number of quaternary nitrogens is 1. The Morgan fingerprint density at radius 1 is 1.78 bits per heavy atom. The molecule has 5 nitrogen and oxygen atoms in total. The fourth-order valence-electron chi connectivity index (χ4n) is 0.398. The van der Waals surface area contributed by atoms with E-state index in [1.54, 1.807) is 6.07 Å². The molecular weight excluding hydrogens is 124 g/mol. The molecule has 52 valence electrons. The summed E-state index contributed by atoms with van der Waals surface area (Å²) in [5.74, 6) is -0.641. The molecule has 0 aromatic carbocycles. The van der Waals surface area contributed by atoms with E-state index in [-0.39, 0.29) is 0 Å². The van der Waals surface area contributed by atoms with Crippen LogP contribution in [-0.4, -0.2) is 21.9 Å². The van der Waals surface area contributed by atoms with Gasteiger partial charge in [0.1, 0.15) is 0 Å². The van der Waals surface area contributed by atoms with Crippen molar-refractivity contribution < 1.29 is 15.4 Å². The van der Waals surface area contributed by atoms with Crippen LogP contribution in [0.4, 0.5) is 0 Å². The summed E-state index contributed by atoms with van der Waals surface area (Å²) >= 11 is 0. The number of nitrogens with zero attached hydrogens (tertiary/aromatic N) is 2. The van der Waals surface area contributed by atoms with E-state index in [4.69, 9.17) is 15.7 Å². The minimum atomic E-state index is -2.38. The SMILES string of the molecule is CC(C#N)C[N+]([O-])(O)O. The van der Waals surface area contributed by atoms with Crippen LogP contribution < -0.4 is 0 Å².